The summed E-state index contributed by atoms with van der Waals surface area (Å²) in [5.41, 5.74) is 2.38. The van der Waals surface area contributed by atoms with Crippen molar-refractivity contribution in [3.8, 4) is 0 Å². The number of nitrogens with one attached hydrogen (secondary N) is 1. The van der Waals surface area contributed by atoms with Crippen LogP contribution in [0.1, 0.15) is 31.7 Å². The lowest BCUT2D eigenvalue weighted by Crippen LogP contribution is -2.30. The van der Waals surface area contributed by atoms with Gasteiger partial charge in [0.2, 0.25) is 0 Å². The number of aromatic nitrogens is 2. The van der Waals surface area contributed by atoms with Gasteiger partial charge in [0.15, 0.2) is 0 Å². The molecule has 0 saturated heterocycles. The molecule has 0 bridgehead atoms. The zero-order chi connectivity index (χ0) is 13.5. The standard InChI is InChI=1S/C13H24BrN3O/c1-5-11-13(14)12(17(4)16-11)9-10(15-3)7-8-18-6-2/h10,15H,5-9H2,1-4H3. The Morgan fingerprint density at radius 3 is 2.67 bits per heavy atom. The molecule has 1 unspecified atom stereocenters. The van der Waals surface area contributed by atoms with Crippen molar-refractivity contribution in [2.45, 2.75) is 39.2 Å². The SMILES string of the molecule is CCOCCC(Cc1c(Br)c(CC)nn1C)NC. The third kappa shape index (κ3) is 4.07. The van der Waals surface area contributed by atoms with Gasteiger partial charge < -0.3 is 10.1 Å². The Morgan fingerprint density at radius 1 is 1.44 bits per heavy atom. The summed E-state index contributed by atoms with van der Waals surface area (Å²) in [6, 6.07) is 0.424. The van der Waals surface area contributed by atoms with Crippen molar-refractivity contribution >= 4 is 15.9 Å². The number of rotatable bonds is 8. The molecule has 1 aromatic heterocycles. The van der Waals surface area contributed by atoms with Gasteiger partial charge in [0.1, 0.15) is 0 Å². The van der Waals surface area contributed by atoms with Gasteiger partial charge in [0, 0.05) is 32.7 Å². The van der Waals surface area contributed by atoms with Crippen molar-refractivity contribution in [3.05, 3.63) is 15.9 Å². The summed E-state index contributed by atoms with van der Waals surface area (Å²) in [7, 11) is 4.01. The smallest absolute Gasteiger partial charge is 0.0766 e. The Bertz CT molecular complexity index is 365. The third-order valence-corrected chi connectivity index (χ3v) is 4.08. The van der Waals surface area contributed by atoms with Crippen LogP contribution in [0.2, 0.25) is 0 Å². The Hall–Kier alpha value is -0.390. The number of hydrogen-bond donors (Lipinski definition) is 1. The zero-order valence-electron chi connectivity index (χ0n) is 11.8. The molecule has 0 saturated carbocycles. The fraction of sp³-hybridized carbons (Fsp3) is 0.769. The molecule has 104 valence electrons. The molecule has 18 heavy (non-hydrogen) atoms. The lowest BCUT2D eigenvalue weighted by atomic mass is 10.1. The molecule has 1 rings (SSSR count). The molecule has 0 aliphatic rings. The van der Waals surface area contributed by atoms with Crippen molar-refractivity contribution < 1.29 is 4.74 Å². The topological polar surface area (TPSA) is 39.1 Å². The molecule has 0 aliphatic heterocycles. The maximum atomic E-state index is 5.42. The minimum atomic E-state index is 0.424. The van der Waals surface area contributed by atoms with E-state index in [-0.39, 0.29) is 0 Å². The molecule has 1 atom stereocenters. The van der Waals surface area contributed by atoms with Gasteiger partial charge in [-0.1, -0.05) is 6.92 Å². The van der Waals surface area contributed by atoms with Crippen LogP contribution in [0, 0.1) is 0 Å². The maximum absolute atomic E-state index is 5.42. The van der Waals surface area contributed by atoms with E-state index in [4.69, 9.17) is 4.74 Å². The van der Waals surface area contributed by atoms with Gasteiger partial charge in [-0.25, -0.2) is 0 Å². The van der Waals surface area contributed by atoms with Crippen molar-refractivity contribution in [2.24, 2.45) is 7.05 Å². The summed E-state index contributed by atoms with van der Waals surface area (Å²) >= 11 is 3.66. The van der Waals surface area contributed by atoms with E-state index in [0.717, 1.165) is 42.6 Å². The number of ether oxygens (including phenoxy) is 1. The third-order valence-electron chi connectivity index (χ3n) is 3.17. The van der Waals surface area contributed by atoms with Crippen molar-refractivity contribution in [2.75, 3.05) is 20.3 Å². The van der Waals surface area contributed by atoms with Crippen molar-refractivity contribution in [1.82, 2.24) is 15.1 Å². The molecule has 0 amide bonds. The van der Waals surface area contributed by atoms with Crippen LogP contribution in [-0.4, -0.2) is 36.1 Å². The summed E-state index contributed by atoms with van der Waals surface area (Å²) < 4.78 is 8.55. The molecule has 0 fully saturated rings. The van der Waals surface area contributed by atoms with Gasteiger partial charge in [-0.15, -0.1) is 0 Å². The van der Waals surface area contributed by atoms with Gasteiger partial charge in [-0.2, -0.15) is 5.10 Å². The van der Waals surface area contributed by atoms with E-state index in [0.29, 0.717) is 6.04 Å². The maximum Gasteiger partial charge on any atom is 0.0766 e. The number of hydrogen-bond acceptors (Lipinski definition) is 3. The largest absolute Gasteiger partial charge is 0.382 e. The van der Waals surface area contributed by atoms with E-state index in [1.807, 2.05) is 25.7 Å². The van der Waals surface area contributed by atoms with E-state index >= 15 is 0 Å². The Kier molecular flexibility index (Phi) is 6.89. The molecule has 4 nitrogen and oxygen atoms in total. The van der Waals surface area contributed by atoms with E-state index in [2.05, 4.69) is 33.3 Å². The Labute approximate surface area is 118 Å². The summed E-state index contributed by atoms with van der Waals surface area (Å²) in [4.78, 5) is 0. The number of nitrogens with zero attached hydrogens (tertiary/aromatic N) is 2. The van der Waals surface area contributed by atoms with Crippen LogP contribution in [0.3, 0.4) is 0 Å². The van der Waals surface area contributed by atoms with E-state index in [1.54, 1.807) is 0 Å². The first-order valence-corrected chi connectivity index (χ1v) is 7.38. The quantitative estimate of drug-likeness (QED) is 0.748. The molecular weight excluding hydrogens is 294 g/mol. The average Bonchev–Trinajstić information content (AvgIpc) is 2.64. The Balaban J connectivity index is 2.66. The van der Waals surface area contributed by atoms with Gasteiger partial charge >= 0.3 is 0 Å². The van der Waals surface area contributed by atoms with Gasteiger partial charge in [0.25, 0.3) is 0 Å². The number of aryl methyl sites for hydroxylation is 2. The first-order valence-electron chi connectivity index (χ1n) is 6.59. The summed E-state index contributed by atoms with van der Waals surface area (Å²) in [6.45, 7) is 5.74. The second-order valence-electron chi connectivity index (χ2n) is 4.36. The predicted octanol–water partition coefficient (Wildman–Crippen LogP) is 2.30. The van der Waals surface area contributed by atoms with Gasteiger partial charge in [0.05, 0.1) is 15.9 Å². The van der Waals surface area contributed by atoms with Gasteiger partial charge in [-0.05, 0) is 42.7 Å². The summed E-state index contributed by atoms with van der Waals surface area (Å²) in [5, 5.41) is 7.87. The molecule has 5 heteroatoms. The highest BCUT2D eigenvalue weighted by molar-refractivity contribution is 9.10. The lowest BCUT2D eigenvalue weighted by molar-refractivity contribution is 0.137. The average molecular weight is 318 g/mol. The lowest BCUT2D eigenvalue weighted by Gasteiger charge is -2.16. The van der Waals surface area contributed by atoms with Crippen molar-refractivity contribution in [3.63, 3.8) is 0 Å². The fourth-order valence-electron chi connectivity index (χ4n) is 1.99. The van der Waals surface area contributed by atoms with Crippen LogP contribution >= 0.6 is 15.9 Å². The van der Waals surface area contributed by atoms with Crippen LogP contribution in [0.5, 0.6) is 0 Å². The number of likely N-dealkylation sites (N-methyl/N-ethyl adjacent to an activating group) is 1. The van der Waals surface area contributed by atoms with E-state index in [1.165, 1.54) is 5.69 Å². The highest BCUT2D eigenvalue weighted by Gasteiger charge is 2.16. The van der Waals surface area contributed by atoms with Crippen LogP contribution < -0.4 is 5.32 Å². The fourth-order valence-corrected chi connectivity index (χ4v) is 2.77. The van der Waals surface area contributed by atoms with Crippen molar-refractivity contribution in [1.29, 1.82) is 0 Å². The molecule has 0 radical (unpaired) electrons. The zero-order valence-corrected chi connectivity index (χ0v) is 13.4. The second kappa shape index (κ2) is 7.92. The molecule has 0 aliphatic carbocycles. The molecule has 0 aromatic carbocycles. The predicted molar refractivity (Wildman–Crippen MR) is 77.9 cm³/mol. The summed E-state index contributed by atoms with van der Waals surface area (Å²) in [6.07, 6.45) is 2.94. The second-order valence-corrected chi connectivity index (χ2v) is 5.15. The van der Waals surface area contributed by atoms with Crippen LogP contribution in [0.25, 0.3) is 0 Å². The summed E-state index contributed by atoms with van der Waals surface area (Å²) in [5.74, 6) is 0. The van der Waals surface area contributed by atoms with E-state index in [9.17, 15) is 0 Å². The highest BCUT2D eigenvalue weighted by atomic mass is 79.9. The molecule has 1 heterocycles. The number of halogens is 1. The minimum absolute atomic E-state index is 0.424. The normalized spacial score (nSPS) is 12.9. The molecule has 0 spiro atoms. The van der Waals surface area contributed by atoms with Crippen LogP contribution in [0.15, 0.2) is 4.47 Å². The van der Waals surface area contributed by atoms with E-state index < -0.39 is 0 Å². The molecule has 1 N–H and O–H groups in total. The minimum Gasteiger partial charge on any atom is -0.382 e. The van der Waals surface area contributed by atoms with Gasteiger partial charge in [-0.3, -0.25) is 4.68 Å². The first-order chi connectivity index (χ1) is 8.63. The Morgan fingerprint density at radius 2 is 2.17 bits per heavy atom. The first kappa shape index (κ1) is 15.7. The molecular formula is C13H24BrN3O. The molecule has 1 aromatic rings. The monoisotopic (exact) mass is 317 g/mol. The highest BCUT2D eigenvalue weighted by Crippen LogP contribution is 2.23. The van der Waals surface area contributed by atoms with Crippen LogP contribution in [0.4, 0.5) is 0 Å². The van der Waals surface area contributed by atoms with Crippen LogP contribution in [-0.2, 0) is 24.6 Å².